The van der Waals surface area contributed by atoms with Crippen molar-refractivity contribution >= 4 is 23.2 Å². The van der Waals surface area contributed by atoms with Gasteiger partial charge in [-0.1, -0.05) is 12.1 Å². The molecule has 12 heteroatoms. The van der Waals surface area contributed by atoms with Gasteiger partial charge >= 0.3 is 0 Å². The van der Waals surface area contributed by atoms with Gasteiger partial charge in [-0.3, -0.25) is 24.2 Å². The van der Waals surface area contributed by atoms with E-state index in [1.54, 1.807) is 27.3 Å². The summed E-state index contributed by atoms with van der Waals surface area (Å²) in [4.78, 5) is 45.9. The number of aliphatic hydroxyl groups excluding tert-OH is 2. The number of hydrogen-bond acceptors (Lipinski definition) is 11. The minimum absolute atomic E-state index is 0.0259. The first-order valence-corrected chi connectivity index (χ1v) is 15.4. The summed E-state index contributed by atoms with van der Waals surface area (Å²) in [5.41, 5.74) is 4.97. The normalized spacial score (nSPS) is 27.0. The number of piperazine rings is 1. The molecule has 12 nitrogen and oxygen atoms in total. The molecule has 4 aliphatic rings. The van der Waals surface area contributed by atoms with E-state index in [0.29, 0.717) is 12.1 Å². The summed E-state index contributed by atoms with van der Waals surface area (Å²) in [6, 6.07) is 7.94. The lowest BCUT2D eigenvalue weighted by atomic mass is 9.57. The number of carbonyl (C=O) groups is 3. The first kappa shape index (κ1) is 31.7. The van der Waals surface area contributed by atoms with Crippen LogP contribution in [0.15, 0.2) is 47.2 Å². The zero-order valence-electron chi connectivity index (χ0n) is 26.4. The standard InChI is InChI=1S/C34H40N4O8/c1-36(2)28-22-15-18-14-21-20(17-5-8-24(46-4)19(13-17)16-38-11-9-37(3)10-12-38)6-7-23(39)26(21)29(40)25(18)31(42)34(22,45)32(43)27(30(28)41)33(35)44/h5-8,13,18,22,28,39-40,43,45H,9-12,14-16H2,1-4H3,(H2,35,44)/t18-,22-,28-,34+/m0/s1. The quantitative estimate of drug-likeness (QED) is 0.291. The molecular weight excluding hydrogens is 592 g/mol. The lowest BCUT2D eigenvalue weighted by Crippen LogP contribution is -2.65. The first-order chi connectivity index (χ1) is 21.8. The van der Waals surface area contributed by atoms with E-state index < -0.39 is 58.0 Å². The van der Waals surface area contributed by atoms with Crippen LogP contribution in [0, 0.1) is 11.8 Å². The number of aromatic hydroxyl groups is 1. The van der Waals surface area contributed by atoms with E-state index in [9.17, 15) is 34.8 Å². The van der Waals surface area contributed by atoms with E-state index in [1.165, 1.54) is 11.0 Å². The number of nitrogens with zero attached hydrogens (tertiary/aromatic N) is 3. The van der Waals surface area contributed by atoms with Crippen LogP contribution in [0.3, 0.4) is 0 Å². The maximum Gasteiger partial charge on any atom is 0.255 e. The molecule has 0 aromatic heterocycles. The monoisotopic (exact) mass is 632 g/mol. The Morgan fingerprint density at radius 1 is 1.09 bits per heavy atom. The molecule has 0 unspecified atom stereocenters. The van der Waals surface area contributed by atoms with Gasteiger partial charge in [0.25, 0.3) is 5.91 Å². The number of Topliss-reactive ketones (excluding diaryl/α,β-unsaturated/α-hetero) is 2. The molecule has 244 valence electrons. The highest BCUT2D eigenvalue weighted by Crippen LogP contribution is 2.53. The molecule has 6 N–H and O–H groups in total. The average molecular weight is 633 g/mol. The maximum atomic E-state index is 14.1. The Hall–Kier alpha value is -4.23. The number of primary amides is 1. The Balaban J connectivity index is 1.46. The van der Waals surface area contributed by atoms with Gasteiger partial charge in [-0.2, -0.15) is 0 Å². The second-order valence-corrected chi connectivity index (χ2v) is 13.1. The molecular formula is C34H40N4O8. The van der Waals surface area contributed by atoms with Gasteiger partial charge in [-0.25, -0.2) is 0 Å². The summed E-state index contributed by atoms with van der Waals surface area (Å²) in [5.74, 6) is -6.00. The third-order valence-corrected chi connectivity index (χ3v) is 10.2. The fraction of sp³-hybridized carbons (Fsp3) is 0.441. The van der Waals surface area contributed by atoms with E-state index in [2.05, 4.69) is 16.8 Å². The summed E-state index contributed by atoms with van der Waals surface area (Å²) >= 11 is 0. The van der Waals surface area contributed by atoms with Crippen LogP contribution in [0.25, 0.3) is 16.9 Å². The molecule has 1 amide bonds. The van der Waals surface area contributed by atoms with Crippen molar-refractivity contribution in [2.24, 2.45) is 17.6 Å². The maximum absolute atomic E-state index is 14.1. The van der Waals surface area contributed by atoms with Gasteiger partial charge in [0.15, 0.2) is 11.4 Å². The Morgan fingerprint density at radius 3 is 2.41 bits per heavy atom. The van der Waals surface area contributed by atoms with Crippen LogP contribution in [0.5, 0.6) is 11.5 Å². The molecule has 3 aliphatic carbocycles. The SMILES string of the molecule is COc1ccc(-c2ccc(O)c3c2C[C@H]2C[C@H]4[C@H](N(C)C)C(=O)C(C(N)=O)=C(O)[C@]4(O)C(=O)C2=C3O)cc1CN1CCN(C)CC1. The Labute approximate surface area is 267 Å². The van der Waals surface area contributed by atoms with Crippen molar-refractivity contribution in [3.63, 3.8) is 0 Å². The highest BCUT2D eigenvalue weighted by Gasteiger charge is 2.64. The number of ketones is 2. The van der Waals surface area contributed by atoms with Crippen molar-refractivity contribution in [3.8, 4) is 22.6 Å². The third kappa shape index (κ3) is 4.79. The highest BCUT2D eigenvalue weighted by molar-refractivity contribution is 6.24. The number of methoxy groups -OCH3 is 1. The highest BCUT2D eigenvalue weighted by atomic mass is 16.5. The number of aliphatic hydroxyl groups is 3. The molecule has 0 bridgehead atoms. The largest absolute Gasteiger partial charge is 0.508 e. The zero-order valence-corrected chi connectivity index (χ0v) is 26.4. The fourth-order valence-electron chi connectivity index (χ4n) is 7.83. The summed E-state index contributed by atoms with van der Waals surface area (Å²) in [5, 5.41) is 45.5. The van der Waals surface area contributed by atoms with E-state index in [4.69, 9.17) is 10.5 Å². The smallest absolute Gasteiger partial charge is 0.255 e. The van der Waals surface area contributed by atoms with Gasteiger partial charge in [0.05, 0.1) is 18.7 Å². The van der Waals surface area contributed by atoms with Crippen molar-refractivity contribution in [2.45, 2.75) is 31.0 Å². The molecule has 0 radical (unpaired) electrons. The second-order valence-electron chi connectivity index (χ2n) is 13.1. The number of phenols is 1. The molecule has 1 saturated carbocycles. The van der Waals surface area contributed by atoms with Crippen molar-refractivity contribution in [2.75, 3.05) is 54.4 Å². The van der Waals surface area contributed by atoms with Crippen LogP contribution < -0.4 is 10.5 Å². The van der Waals surface area contributed by atoms with E-state index in [1.807, 2.05) is 18.2 Å². The lowest BCUT2D eigenvalue weighted by Gasteiger charge is -2.50. The van der Waals surface area contributed by atoms with Crippen LogP contribution in [-0.4, -0.2) is 119 Å². The van der Waals surface area contributed by atoms with Gasteiger partial charge in [0.1, 0.15) is 28.6 Å². The summed E-state index contributed by atoms with van der Waals surface area (Å²) < 4.78 is 5.69. The number of amides is 1. The summed E-state index contributed by atoms with van der Waals surface area (Å²) in [6.07, 6.45) is 0.232. The van der Waals surface area contributed by atoms with Crippen LogP contribution in [-0.2, 0) is 27.3 Å². The van der Waals surface area contributed by atoms with Crippen LogP contribution in [0.4, 0.5) is 0 Å². The van der Waals surface area contributed by atoms with Gasteiger partial charge in [-0.15, -0.1) is 0 Å². The number of phenolic OH excluding ortho intramolecular Hbond substituents is 1. The molecule has 2 aromatic rings. The van der Waals surface area contributed by atoms with Crippen LogP contribution in [0.2, 0.25) is 0 Å². The molecule has 1 aliphatic heterocycles. The van der Waals surface area contributed by atoms with E-state index in [0.717, 1.165) is 48.6 Å². The predicted molar refractivity (Wildman–Crippen MR) is 169 cm³/mol. The molecule has 46 heavy (non-hydrogen) atoms. The van der Waals surface area contributed by atoms with E-state index in [-0.39, 0.29) is 29.7 Å². The molecule has 2 aromatic carbocycles. The van der Waals surface area contributed by atoms with Crippen molar-refractivity contribution in [3.05, 3.63) is 63.9 Å². The molecule has 1 heterocycles. The summed E-state index contributed by atoms with van der Waals surface area (Å²) in [7, 11) is 6.89. The van der Waals surface area contributed by atoms with E-state index >= 15 is 0 Å². The van der Waals surface area contributed by atoms with Gasteiger partial charge in [0, 0.05) is 49.8 Å². The second kappa shape index (κ2) is 11.5. The predicted octanol–water partition coefficient (Wildman–Crippen LogP) is 1.39. The number of nitrogens with two attached hydrogens (primary N) is 1. The minimum Gasteiger partial charge on any atom is -0.508 e. The first-order valence-electron chi connectivity index (χ1n) is 15.4. The summed E-state index contributed by atoms with van der Waals surface area (Å²) in [6.45, 7) is 4.46. The van der Waals surface area contributed by atoms with Gasteiger partial charge in [-0.05, 0) is 74.8 Å². The number of benzene rings is 2. The van der Waals surface area contributed by atoms with Gasteiger partial charge < -0.3 is 35.8 Å². The topological polar surface area (TPSA) is 177 Å². The zero-order chi connectivity index (χ0) is 33.2. The number of hydrogen-bond donors (Lipinski definition) is 5. The van der Waals surface area contributed by atoms with Crippen molar-refractivity contribution < 1.29 is 39.5 Å². The molecule has 4 atom stereocenters. The van der Waals surface area contributed by atoms with Gasteiger partial charge in [0.2, 0.25) is 5.78 Å². The molecule has 6 rings (SSSR count). The molecule has 2 fully saturated rings. The molecule has 0 spiro atoms. The Bertz CT molecular complexity index is 1710. The van der Waals surface area contributed by atoms with Crippen molar-refractivity contribution in [1.82, 2.24) is 14.7 Å². The third-order valence-electron chi connectivity index (χ3n) is 10.2. The number of likely N-dealkylation sites (N-methyl/N-ethyl adjacent to an activating group) is 2. The number of fused-ring (bicyclic) bond motifs is 3. The van der Waals surface area contributed by atoms with Crippen molar-refractivity contribution in [1.29, 1.82) is 0 Å². The van der Waals surface area contributed by atoms with Crippen LogP contribution >= 0.6 is 0 Å². The minimum atomic E-state index is -2.67. The fourth-order valence-corrected chi connectivity index (χ4v) is 7.83. The van der Waals surface area contributed by atoms with Crippen LogP contribution in [0.1, 0.15) is 23.1 Å². The number of ether oxygens (including phenoxy) is 1. The Kier molecular flexibility index (Phi) is 7.96. The number of carbonyl (C=O) groups excluding carboxylic acids is 3. The molecule has 1 saturated heterocycles. The Morgan fingerprint density at radius 2 is 1.78 bits per heavy atom. The number of rotatable bonds is 6. The average Bonchev–Trinajstić information content (AvgIpc) is 3.00. The lowest BCUT2D eigenvalue weighted by molar-refractivity contribution is -0.153.